The number of rotatable bonds is 6. The van der Waals surface area contributed by atoms with E-state index in [1.807, 2.05) is 30.3 Å². The summed E-state index contributed by atoms with van der Waals surface area (Å²) >= 11 is 0. The van der Waals surface area contributed by atoms with Gasteiger partial charge < -0.3 is 9.63 Å². The second-order valence-corrected chi connectivity index (χ2v) is 4.79. The van der Waals surface area contributed by atoms with Crippen molar-refractivity contribution in [2.45, 2.75) is 13.5 Å². The number of hydrogen-bond acceptors (Lipinski definition) is 5. The molecule has 0 aliphatic carbocycles. The van der Waals surface area contributed by atoms with Gasteiger partial charge in [0.25, 0.3) is 11.5 Å². The first-order chi connectivity index (χ1) is 10.1. The molecule has 0 spiro atoms. The smallest absolute Gasteiger partial charge is 0.290 e. The van der Waals surface area contributed by atoms with Crippen molar-refractivity contribution >= 4 is 5.91 Å². The van der Waals surface area contributed by atoms with Crippen molar-refractivity contribution in [3.05, 3.63) is 58.1 Å². The lowest BCUT2D eigenvalue weighted by atomic mass is 10.2. The molecule has 1 heterocycles. The molecule has 0 amide bonds. The number of aromatic nitrogens is 1. The molecule has 6 nitrogen and oxygen atoms in total. The van der Waals surface area contributed by atoms with Crippen LogP contribution in [0.3, 0.4) is 0 Å². The van der Waals surface area contributed by atoms with Crippen molar-refractivity contribution in [3.63, 3.8) is 0 Å². The van der Waals surface area contributed by atoms with Crippen LogP contribution in [0.4, 0.5) is 0 Å². The van der Waals surface area contributed by atoms with E-state index in [1.165, 1.54) is 6.07 Å². The molecular weight excluding hydrogens is 272 g/mol. The summed E-state index contributed by atoms with van der Waals surface area (Å²) < 4.78 is 5.83. The van der Waals surface area contributed by atoms with Gasteiger partial charge in [0.2, 0.25) is 0 Å². The predicted molar refractivity (Wildman–Crippen MR) is 77.1 cm³/mol. The monoisotopic (exact) mass is 290 g/mol. The number of aliphatic hydroxyl groups is 1. The van der Waals surface area contributed by atoms with Gasteiger partial charge in [-0.1, -0.05) is 30.3 Å². The fourth-order valence-electron chi connectivity index (χ4n) is 2.07. The minimum atomic E-state index is -0.471. The number of benzene rings is 1. The van der Waals surface area contributed by atoms with E-state index in [-0.39, 0.29) is 13.2 Å². The second-order valence-electron chi connectivity index (χ2n) is 4.79. The summed E-state index contributed by atoms with van der Waals surface area (Å²) in [7, 11) is 0. The number of carbonyl (C=O) groups is 1. The Morgan fingerprint density at radius 3 is 2.62 bits per heavy atom. The number of hydrogen-bond donors (Lipinski definition) is 1. The molecule has 0 fully saturated rings. The number of carbonyl (C=O) groups excluding carboxylic acids is 1. The molecule has 0 saturated heterocycles. The van der Waals surface area contributed by atoms with Crippen LogP contribution in [0.25, 0.3) is 0 Å². The maximum Gasteiger partial charge on any atom is 0.290 e. The third-order valence-electron chi connectivity index (χ3n) is 3.01. The summed E-state index contributed by atoms with van der Waals surface area (Å²) in [6.45, 7) is 2.41. The van der Waals surface area contributed by atoms with E-state index in [0.29, 0.717) is 18.8 Å². The van der Waals surface area contributed by atoms with Crippen LogP contribution in [0.2, 0.25) is 0 Å². The highest BCUT2D eigenvalue weighted by atomic mass is 16.5. The molecule has 0 radical (unpaired) electrons. The average molecular weight is 290 g/mol. The Balaban J connectivity index is 2.07. The number of nitrogens with zero attached hydrogens (tertiary/aromatic N) is 2. The van der Waals surface area contributed by atoms with Crippen LogP contribution in [0, 0.1) is 6.92 Å². The van der Waals surface area contributed by atoms with Crippen LogP contribution in [0.15, 0.2) is 45.7 Å². The predicted octanol–water partition coefficient (Wildman–Crippen LogP) is 0.884. The summed E-state index contributed by atoms with van der Waals surface area (Å²) in [5, 5.41) is 9.11. The molecule has 0 unspecified atom stereocenters. The summed E-state index contributed by atoms with van der Waals surface area (Å²) in [5.74, 6) is -0.0531. The number of aliphatic hydroxyl groups excluding tert-OH is 1. The van der Waals surface area contributed by atoms with Crippen molar-refractivity contribution < 1.29 is 14.4 Å². The van der Waals surface area contributed by atoms with Gasteiger partial charge in [-0.2, -0.15) is 0 Å². The maximum atomic E-state index is 12.1. The zero-order chi connectivity index (χ0) is 15.2. The van der Waals surface area contributed by atoms with Gasteiger partial charge in [0, 0.05) is 19.2 Å². The molecule has 1 aromatic carbocycles. The minimum absolute atomic E-state index is 0.00230. The van der Waals surface area contributed by atoms with Crippen molar-refractivity contribution in [2.75, 3.05) is 19.7 Å². The van der Waals surface area contributed by atoms with Crippen LogP contribution >= 0.6 is 0 Å². The Morgan fingerprint density at radius 2 is 2.05 bits per heavy atom. The molecule has 0 saturated carbocycles. The van der Waals surface area contributed by atoms with Crippen molar-refractivity contribution in [1.82, 2.24) is 9.64 Å². The van der Waals surface area contributed by atoms with Gasteiger partial charge >= 0.3 is 0 Å². The van der Waals surface area contributed by atoms with Crippen LogP contribution in [-0.4, -0.2) is 40.3 Å². The highest BCUT2D eigenvalue weighted by Crippen LogP contribution is 2.04. The lowest BCUT2D eigenvalue weighted by Gasteiger charge is -2.20. The fourth-order valence-corrected chi connectivity index (χ4v) is 2.07. The molecule has 112 valence electrons. The Labute approximate surface area is 122 Å². The summed E-state index contributed by atoms with van der Waals surface area (Å²) in [6.07, 6.45) is 0. The van der Waals surface area contributed by atoms with Crippen LogP contribution in [0.5, 0.6) is 0 Å². The first-order valence-corrected chi connectivity index (χ1v) is 6.70. The standard InChI is InChI=1S/C15H18N2O4/c1-12-9-14(19)17(21-12)15(20)11-16(7-8-18)10-13-5-3-2-4-6-13/h2-6,9,18H,7-8,10-11H2,1H3. The normalized spacial score (nSPS) is 11.0. The Morgan fingerprint density at radius 1 is 1.33 bits per heavy atom. The molecule has 1 N–H and O–H groups in total. The molecule has 0 bridgehead atoms. The van der Waals surface area contributed by atoms with E-state index in [0.717, 1.165) is 10.3 Å². The molecule has 1 aromatic heterocycles. The van der Waals surface area contributed by atoms with E-state index < -0.39 is 11.5 Å². The Kier molecular flexibility index (Phi) is 5.08. The van der Waals surface area contributed by atoms with Crippen molar-refractivity contribution in [2.24, 2.45) is 0 Å². The highest BCUT2D eigenvalue weighted by molar-refractivity contribution is 5.79. The van der Waals surface area contributed by atoms with E-state index in [9.17, 15) is 9.59 Å². The Bertz CT molecular complexity index is 645. The quantitative estimate of drug-likeness (QED) is 0.855. The summed E-state index contributed by atoms with van der Waals surface area (Å²) in [6, 6.07) is 10.9. The van der Waals surface area contributed by atoms with Gasteiger partial charge in [0.1, 0.15) is 5.76 Å². The first kappa shape index (κ1) is 15.2. The van der Waals surface area contributed by atoms with E-state index >= 15 is 0 Å². The Hall–Kier alpha value is -2.18. The van der Waals surface area contributed by atoms with Crippen molar-refractivity contribution in [3.8, 4) is 0 Å². The third-order valence-corrected chi connectivity index (χ3v) is 3.01. The van der Waals surface area contributed by atoms with Gasteiger partial charge in [-0.05, 0) is 12.5 Å². The summed E-state index contributed by atoms with van der Waals surface area (Å²) in [4.78, 5) is 25.4. The largest absolute Gasteiger partial charge is 0.395 e. The maximum absolute atomic E-state index is 12.1. The van der Waals surface area contributed by atoms with Gasteiger partial charge in [-0.15, -0.1) is 4.74 Å². The van der Waals surface area contributed by atoms with Crippen molar-refractivity contribution in [1.29, 1.82) is 0 Å². The zero-order valence-corrected chi connectivity index (χ0v) is 11.9. The topological polar surface area (TPSA) is 75.7 Å². The average Bonchev–Trinajstić information content (AvgIpc) is 2.79. The molecule has 21 heavy (non-hydrogen) atoms. The van der Waals surface area contributed by atoms with E-state index in [1.54, 1.807) is 11.8 Å². The molecule has 6 heteroatoms. The molecule has 0 atom stereocenters. The van der Waals surface area contributed by atoms with Crippen LogP contribution in [0.1, 0.15) is 16.1 Å². The molecular formula is C15H18N2O4. The van der Waals surface area contributed by atoms with Gasteiger partial charge in [-0.25, -0.2) is 0 Å². The molecule has 0 aliphatic rings. The number of aryl methyl sites for hydroxylation is 1. The highest BCUT2D eigenvalue weighted by Gasteiger charge is 2.16. The SMILES string of the molecule is Cc1cc(=O)n(C(=O)CN(CCO)Cc2ccccc2)o1. The second kappa shape index (κ2) is 7.01. The van der Waals surface area contributed by atoms with Crippen LogP contribution < -0.4 is 5.56 Å². The van der Waals surface area contributed by atoms with E-state index in [4.69, 9.17) is 9.63 Å². The third kappa shape index (κ3) is 4.14. The van der Waals surface area contributed by atoms with Gasteiger partial charge in [0.05, 0.1) is 13.2 Å². The van der Waals surface area contributed by atoms with Crippen LogP contribution in [-0.2, 0) is 6.54 Å². The molecule has 2 rings (SSSR count). The lowest BCUT2D eigenvalue weighted by molar-refractivity contribution is 0.0694. The molecule has 2 aromatic rings. The van der Waals surface area contributed by atoms with Gasteiger partial charge in [-0.3, -0.25) is 14.5 Å². The first-order valence-electron chi connectivity index (χ1n) is 6.70. The van der Waals surface area contributed by atoms with Gasteiger partial charge in [0.15, 0.2) is 0 Å². The molecule has 0 aliphatic heterocycles. The minimum Gasteiger partial charge on any atom is -0.395 e. The summed E-state index contributed by atoms with van der Waals surface area (Å²) in [5.41, 5.74) is 0.558. The lowest BCUT2D eigenvalue weighted by Crippen LogP contribution is -2.36. The fraction of sp³-hybridized carbons (Fsp3) is 0.333. The zero-order valence-electron chi connectivity index (χ0n) is 11.9. The van der Waals surface area contributed by atoms with E-state index in [2.05, 4.69) is 0 Å².